The molecule has 0 fully saturated rings. The first kappa shape index (κ1) is 14.2. The quantitative estimate of drug-likeness (QED) is 0.854. The van der Waals surface area contributed by atoms with Gasteiger partial charge < -0.3 is 5.32 Å². The van der Waals surface area contributed by atoms with E-state index in [1.165, 1.54) is 16.0 Å². The van der Waals surface area contributed by atoms with Crippen molar-refractivity contribution in [2.45, 2.75) is 39.8 Å². The molecule has 0 saturated carbocycles. The first-order valence-electron chi connectivity index (χ1n) is 6.84. The minimum atomic E-state index is 0.371. The molecule has 1 unspecified atom stereocenters. The maximum absolute atomic E-state index is 4.09. The third-order valence-electron chi connectivity index (χ3n) is 3.19. The van der Waals surface area contributed by atoms with Gasteiger partial charge >= 0.3 is 0 Å². The van der Waals surface area contributed by atoms with Crippen molar-refractivity contribution < 1.29 is 0 Å². The number of hydrogen-bond acceptors (Lipinski definition) is 3. The molecule has 0 spiro atoms. The van der Waals surface area contributed by atoms with Crippen LogP contribution in [0.1, 0.15) is 42.8 Å². The molecule has 3 heteroatoms. The average Bonchev–Trinajstić information content (AvgIpc) is 2.89. The Bertz CT molecular complexity index is 474. The first-order valence-corrected chi connectivity index (χ1v) is 7.72. The summed E-state index contributed by atoms with van der Waals surface area (Å²) >= 11 is 1.70. The van der Waals surface area contributed by atoms with Gasteiger partial charge in [-0.05, 0) is 30.4 Å². The van der Waals surface area contributed by atoms with Gasteiger partial charge in [0.15, 0.2) is 0 Å². The highest BCUT2D eigenvalue weighted by Crippen LogP contribution is 2.16. The van der Waals surface area contributed by atoms with Crippen molar-refractivity contribution >= 4 is 11.3 Å². The van der Waals surface area contributed by atoms with E-state index in [1.807, 2.05) is 11.7 Å². The lowest BCUT2D eigenvalue weighted by atomic mass is 10.00. The summed E-state index contributed by atoms with van der Waals surface area (Å²) in [6.45, 7) is 7.61. The molecule has 19 heavy (non-hydrogen) atoms. The molecule has 0 saturated heterocycles. The number of benzene rings is 1. The lowest BCUT2D eigenvalue weighted by Gasteiger charge is -2.14. The monoisotopic (exact) mass is 274 g/mol. The summed E-state index contributed by atoms with van der Waals surface area (Å²) in [5, 5.41) is 3.53. The molecule has 102 valence electrons. The fraction of sp³-hybridized carbons (Fsp3) is 0.438. The predicted molar refractivity (Wildman–Crippen MR) is 82.4 cm³/mol. The van der Waals surface area contributed by atoms with Crippen molar-refractivity contribution in [1.29, 1.82) is 0 Å². The van der Waals surface area contributed by atoms with Crippen LogP contribution in [0.25, 0.3) is 0 Å². The Hall–Kier alpha value is -1.19. The molecule has 1 aromatic heterocycles. The summed E-state index contributed by atoms with van der Waals surface area (Å²) in [6, 6.07) is 9.35. The summed E-state index contributed by atoms with van der Waals surface area (Å²) in [5.74, 6) is 0.715. The second-order valence-electron chi connectivity index (χ2n) is 5.41. The maximum atomic E-state index is 4.09. The van der Waals surface area contributed by atoms with Gasteiger partial charge in [-0.15, -0.1) is 11.3 Å². The minimum absolute atomic E-state index is 0.371. The van der Waals surface area contributed by atoms with Crippen molar-refractivity contribution in [3.05, 3.63) is 52.0 Å². The number of hydrogen-bond donors (Lipinski definition) is 1. The molecule has 1 N–H and O–H groups in total. The molecular formula is C16H22N2S. The van der Waals surface area contributed by atoms with Gasteiger partial charge in [0.25, 0.3) is 0 Å². The number of thiazole rings is 1. The summed E-state index contributed by atoms with van der Waals surface area (Å²) in [4.78, 5) is 5.37. The lowest BCUT2D eigenvalue weighted by molar-refractivity contribution is 0.577. The zero-order chi connectivity index (χ0) is 13.7. The third kappa shape index (κ3) is 4.44. The topological polar surface area (TPSA) is 24.9 Å². The molecule has 0 aliphatic heterocycles. The molecule has 0 aliphatic carbocycles. The summed E-state index contributed by atoms with van der Waals surface area (Å²) in [7, 11) is 0. The van der Waals surface area contributed by atoms with Gasteiger partial charge in [0.1, 0.15) is 0 Å². The van der Waals surface area contributed by atoms with Crippen molar-refractivity contribution in [3.63, 3.8) is 0 Å². The van der Waals surface area contributed by atoms with E-state index < -0.39 is 0 Å². The molecular weight excluding hydrogens is 252 g/mol. The van der Waals surface area contributed by atoms with E-state index >= 15 is 0 Å². The van der Waals surface area contributed by atoms with E-state index in [-0.39, 0.29) is 0 Å². The van der Waals surface area contributed by atoms with E-state index in [0.29, 0.717) is 12.0 Å². The molecule has 0 radical (unpaired) electrons. The van der Waals surface area contributed by atoms with Gasteiger partial charge in [-0.2, -0.15) is 0 Å². The molecule has 1 aromatic carbocycles. The van der Waals surface area contributed by atoms with Crippen molar-refractivity contribution in [1.82, 2.24) is 10.3 Å². The summed E-state index contributed by atoms with van der Waals surface area (Å²) in [6.07, 6.45) is 3.08. The number of nitrogens with zero attached hydrogens (tertiary/aromatic N) is 1. The Morgan fingerprint density at radius 2 is 1.89 bits per heavy atom. The van der Waals surface area contributed by atoms with E-state index in [0.717, 1.165) is 13.0 Å². The van der Waals surface area contributed by atoms with E-state index in [2.05, 4.69) is 55.3 Å². The number of rotatable bonds is 6. The van der Waals surface area contributed by atoms with Gasteiger partial charge in [0.05, 0.1) is 5.51 Å². The Morgan fingerprint density at radius 1 is 1.16 bits per heavy atom. The average molecular weight is 274 g/mol. The molecule has 2 aromatic rings. The molecule has 1 heterocycles. The predicted octanol–water partition coefficient (Wildman–Crippen LogP) is 4.19. The van der Waals surface area contributed by atoms with Crippen molar-refractivity contribution in [3.8, 4) is 0 Å². The van der Waals surface area contributed by atoms with Gasteiger partial charge in [-0.25, -0.2) is 0 Å². The zero-order valence-corrected chi connectivity index (χ0v) is 12.7. The Kier molecular flexibility index (Phi) is 5.11. The normalized spacial score (nSPS) is 12.8. The van der Waals surface area contributed by atoms with Crippen LogP contribution in [0.15, 0.2) is 36.0 Å². The molecule has 2 nitrogen and oxygen atoms in total. The fourth-order valence-electron chi connectivity index (χ4n) is 2.11. The van der Waals surface area contributed by atoms with Crippen LogP contribution >= 0.6 is 11.3 Å². The van der Waals surface area contributed by atoms with Crippen LogP contribution in [0.3, 0.4) is 0 Å². The van der Waals surface area contributed by atoms with Crippen LogP contribution in [-0.4, -0.2) is 4.98 Å². The highest BCUT2D eigenvalue weighted by molar-refractivity contribution is 7.09. The molecule has 1 atom stereocenters. The Balaban J connectivity index is 1.90. The lowest BCUT2D eigenvalue weighted by Crippen LogP contribution is -2.17. The van der Waals surface area contributed by atoms with E-state index in [4.69, 9.17) is 0 Å². The number of nitrogens with one attached hydrogen (secondary N) is 1. The molecule has 0 aliphatic rings. The van der Waals surface area contributed by atoms with Gasteiger partial charge in [0, 0.05) is 23.7 Å². The SMILES string of the molecule is CC(C)Cc1ccc(C(C)NCc2cncs2)cc1. The zero-order valence-electron chi connectivity index (χ0n) is 11.9. The van der Waals surface area contributed by atoms with Gasteiger partial charge in [-0.1, -0.05) is 38.1 Å². The maximum Gasteiger partial charge on any atom is 0.0794 e. The number of aromatic nitrogens is 1. The largest absolute Gasteiger partial charge is 0.305 e. The third-order valence-corrected chi connectivity index (χ3v) is 3.97. The van der Waals surface area contributed by atoms with Crippen molar-refractivity contribution in [2.24, 2.45) is 5.92 Å². The minimum Gasteiger partial charge on any atom is -0.305 e. The van der Waals surface area contributed by atoms with Gasteiger partial charge in [0.2, 0.25) is 0 Å². The van der Waals surface area contributed by atoms with Crippen molar-refractivity contribution in [2.75, 3.05) is 0 Å². The molecule has 0 amide bonds. The first-order chi connectivity index (χ1) is 9.15. The Morgan fingerprint density at radius 3 is 2.47 bits per heavy atom. The summed E-state index contributed by atoms with van der Waals surface area (Å²) < 4.78 is 0. The second-order valence-corrected chi connectivity index (χ2v) is 6.38. The molecule has 2 rings (SSSR count). The van der Waals surface area contributed by atoms with Crippen LogP contribution < -0.4 is 5.32 Å². The smallest absolute Gasteiger partial charge is 0.0794 e. The highest BCUT2D eigenvalue weighted by Gasteiger charge is 2.06. The standard InChI is InChI=1S/C16H22N2S/c1-12(2)8-14-4-6-15(7-5-14)13(3)18-10-16-9-17-11-19-16/h4-7,9,11-13,18H,8,10H2,1-3H3. The summed E-state index contributed by atoms with van der Waals surface area (Å²) in [5.41, 5.74) is 4.65. The van der Waals surface area contributed by atoms with Crippen LogP contribution in [0.2, 0.25) is 0 Å². The van der Waals surface area contributed by atoms with Crippen LogP contribution in [0, 0.1) is 5.92 Å². The second kappa shape index (κ2) is 6.83. The molecule has 0 bridgehead atoms. The van der Waals surface area contributed by atoms with E-state index in [1.54, 1.807) is 11.3 Å². The van der Waals surface area contributed by atoms with Crippen LogP contribution in [-0.2, 0) is 13.0 Å². The van der Waals surface area contributed by atoms with E-state index in [9.17, 15) is 0 Å². The fourth-order valence-corrected chi connectivity index (χ4v) is 2.66. The highest BCUT2D eigenvalue weighted by atomic mass is 32.1. The van der Waals surface area contributed by atoms with Crippen LogP contribution in [0.5, 0.6) is 0 Å². The van der Waals surface area contributed by atoms with Gasteiger partial charge in [-0.3, -0.25) is 4.98 Å². The Labute approximate surface area is 119 Å². The van der Waals surface area contributed by atoms with Crippen LogP contribution in [0.4, 0.5) is 0 Å².